The van der Waals surface area contributed by atoms with Crippen LogP contribution in [0.2, 0.25) is 0 Å². The van der Waals surface area contributed by atoms with Gasteiger partial charge in [-0.3, -0.25) is 0 Å². The highest BCUT2D eigenvalue weighted by molar-refractivity contribution is 5.80. The molecule has 2 N–H and O–H groups in total. The van der Waals surface area contributed by atoms with Gasteiger partial charge in [0.25, 0.3) is 0 Å². The summed E-state index contributed by atoms with van der Waals surface area (Å²) in [5, 5.41) is 15.0. The summed E-state index contributed by atoms with van der Waals surface area (Å²) < 4.78 is 15.4. The van der Waals surface area contributed by atoms with E-state index in [0.29, 0.717) is 19.1 Å². The number of halogens is 1. The van der Waals surface area contributed by atoms with E-state index in [2.05, 4.69) is 37.3 Å². The van der Waals surface area contributed by atoms with Crippen LogP contribution in [0.4, 0.5) is 10.1 Å². The van der Waals surface area contributed by atoms with Crippen molar-refractivity contribution in [2.75, 3.05) is 24.5 Å². The second kappa shape index (κ2) is 9.34. The molecule has 8 heteroatoms. The molecule has 0 unspecified atom stereocenters. The predicted molar refractivity (Wildman–Crippen MR) is 110 cm³/mol. The number of aryl methyl sites for hydroxylation is 1. The molecule has 2 aromatic rings. The van der Waals surface area contributed by atoms with Crippen LogP contribution in [0, 0.1) is 12.7 Å². The van der Waals surface area contributed by atoms with E-state index < -0.39 is 0 Å². The Morgan fingerprint density at radius 3 is 2.79 bits per heavy atom. The van der Waals surface area contributed by atoms with Crippen LogP contribution in [0.1, 0.15) is 24.5 Å². The molecule has 0 radical (unpaired) electrons. The monoisotopic (exact) mass is 385 g/mol. The van der Waals surface area contributed by atoms with Crippen LogP contribution in [0.3, 0.4) is 0 Å². The van der Waals surface area contributed by atoms with Gasteiger partial charge in [0.05, 0.1) is 0 Å². The Hall–Kier alpha value is -2.90. The average molecular weight is 385 g/mol. The van der Waals surface area contributed by atoms with Crippen molar-refractivity contribution in [2.24, 2.45) is 12.0 Å². The summed E-state index contributed by atoms with van der Waals surface area (Å²) in [5.74, 6) is 2.23. The number of rotatable bonds is 6. The van der Waals surface area contributed by atoms with Gasteiger partial charge < -0.3 is 20.1 Å². The molecule has 1 saturated heterocycles. The fourth-order valence-electron chi connectivity index (χ4n) is 3.21. The summed E-state index contributed by atoms with van der Waals surface area (Å²) in [4.78, 5) is 6.87. The summed E-state index contributed by atoms with van der Waals surface area (Å²) in [5.41, 5.74) is 0.940. The van der Waals surface area contributed by atoms with Crippen LogP contribution < -0.4 is 15.5 Å². The summed E-state index contributed by atoms with van der Waals surface area (Å²) in [6, 6.07) is 7.09. The maximum atomic E-state index is 13.5. The van der Waals surface area contributed by atoms with E-state index in [1.165, 1.54) is 6.07 Å². The van der Waals surface area contributed by atoms with Crippen molar-refractivity contribution >= 4 is 11.6 Å². The minimum absolute atomic E-state index is 0.195. The van der Waals surface area contributed by atoms with E-state index in [9.17, 15) is 4.39 Å². The summed E-state index contributed by atoms with van der Waals surface area (Å²) in [6.45, 7) is 8.50. The molecule has 0 bridgehead atoms. The third-order valence-electron chi connectivity index (χ3n) is 4.98. The normalized spacial score (nSPS) is 15.5. The Morgan fingerprint density at radius 2 is 2.14 bits per heavy atom. The Balaban J connectivity index is 1.58. The van der Waals surface area contributed by atoms with E-state index >= 15 is 0 Å². The molecule has 1 aromatic carbocycles. The van der Waals surface area contributed by atoms with Crippen LogP contribution in [0.15, 0.2) is 41.9 Å². The van der Waals surface area contributed by atoms with Crippen molar-refractivity contribution in [2.45, 2.75) is 32.4 Å². The molecule has 7 nitrogen and oxygen atoms in total. The quantitative estimate of drug-likeness (QED) is 0.453. The zero-order valence-corrected chi connectivity index (χ0v) is 16.5. The van der Waals surface area contributed by atoms with Gasteiger partial charge in [-0.1, -0.05) is 12.1 Å². The van der Waals surface area contributed by atoms with E-state index in [-0.39, 0.29) is 5.82 Å². The average Bonchev–Trinajstić information content (AvgIpc) is 3.02. The summed E-state index contributed by atoms with van der Waals surface area (Å²) in [7, 11) is 1.94. The summed E-state index contributed by atoms with van der Waals surface area (Å²) >= 11 is 0. The molecular formula is C20H28FN7. The van der Waals surface area contributed by atoms with Crippen molar-refractivity contribution in [3.8, 4) is 0 Å². The molecule has 0 amide bonds. The number of benzene rings is 1. The third kappa shape index (κ3) is 5.09. The van der Waals surface area contributed by atoms with Crippen molar-refractivity contribution in [3.63, 3.8) is 0 Å². The zero-order valence-electron chi connectivity index (χ0n) is 16.5. The number of guanidine groups is 1. The number of hydrogen-bond donors (Lipinski definition) is 2. The molecule has 3 rings (SSSR count). The molecule has 1 aromatic heterocycles. The van der Waals surface area contributed by atoms with Crippen molar-refractivity contribution in [1.29, 1.82) is 0 Å². The number of hydrogen-bond acceptors (Lipinski definition) is 4. The Bertz CT molecular complexity index is 822. The maximum absolute atomic E-state index is 13.5. The molecule has 0 atom stereocenters. The van der Waals surface area contributed by atoms with Gasteiger partial charge in [-0.05, 0) is 38.0 Å². The number of anilines is 1. The van der Waals surface area contributed by atoms with Crippen LogP contribution in [-0.2, 0) is 13.6 Å². The SMILES string of the molecule is C=CCNC(=NCc1nnc(C)n1C)NC1CCN(c2cccc(F)c2)CC1. The highest BCUT2D eigenvalue weighted by Crippen LogP contribution is 2.20. The van der Waals surface area contributed by atoms with Gasteiger partial charge in [0, 0.05) is 38.4 Å². The molecule has 0 aliphatic carbocycles. The van der Waals surface area contributed by atoms with Gasteiger partial charge in [-0.2, -0.15) is 0 Å². The molecular weight excluding hydrogens is 357 g/mol. The number of aliphatic imine (C=N–C) groups is 1. The molecule has 1 aliphatic rings. The standard InChI is InChI=1S/C20H28FN7/c1-4-10-22-20(23-14-19-26-25-15(2)27(19)3)24-17-8-11-28(12-9-17)18-7-5-6-16(21)13-18/h4-7,13,17H,1,8-12,14H2,2-3H3,(H2,22,23,24). The number of piperidine rings is 1. The lowest BCUT2D eigenvalue weighted by Gasteiger charge is -2.34. The molecule has 150 valence electrons. The minimum atomic E-state index is -0.195. The fourth-order valence-corrected chi connectivity index (χ4v) is 3.21. The minimum Gasteiger partial charge on any atom is -0.371 e. The van der Waals surface area contributed by atoms with Gasteiger partial charge in [-0.15, -0.1) is 16.8 Å². The Labute approximate surface area is 165 Å². The summed E-state index contributed by atoms with van der Waals surface area (Å²) in [6.07, 6.45) is 3.71. The molecule has 0 saturated carbocycles. The first-order valence-electron chi connectivity index (χ1n) is 9.58. The molecule has 2 heterocycles. The zero-order chi connectivity index (χ0) is 19.9. The Morgan fingerprint density at radius 1 is 1.36 bits per heavy atom. The maximum Gasteiger partial charge on any atom is 0.192 e. The highest BCUT2D eigenvalue weighted by atomic mass is 19.1. The first kappa shape index (κ1) is 19.9. The Kier molecular flexibility index (Phi) is 6.62. The first-order valence-corrected chi connectivity index (χ1v) is 9.58. The number of nitrogens with zero attached hydrogens (tertiary/aromatic N) is 5. The van der Waals surface area contributed by atoms with Gasteiger partial charge in [-0.25, -0.2) is 9.38 Å². The lowest BCUT2D eigenvalue weighted by Crippen LogP contribution is -2.48. The van der Waals surface area contributed by atoms with E-state index in [4.69, 9.17) is 0 Å². The topological polar surface area (TPSA) is 70.4 Å². The molecule has 1 aliphatic heterocycles. The fraction of sp³-hybridized carbons (Fsp3) is 0.450. The lowest BCUT2D eigenvalue weighted by molar-refractivity contribution is 0.461. The largest absolute Gasteiger partial charge is 0.371 e. The van der Waals surface area contributed by atoms with Gasteiger partial charge in [0.15, 0.2) is 11.8 Å². The molecule has 0 spiro atoms. The number of aromatic nitrogens is 3. The predicted octanol–water partition coefficient (Wildman–Crippen LogP) is 2.15. The smallest absolute Gasteiger partial charge is 0.192 e. The van der Waals surface area contributed by atoms with Crippen molar-refractivity contribution in [3.05, 3.63) is 54.4 Å². The molecule has 28 heavy (non-hydrogen) atoms. The van der Waals surface area contributed by atoms with E-state index in [1.54, 1.807) is 18.2 Å². The first-order chi connectivity index (χ1) is 13.6. The van der Waals surface area contributed by atoms with Gasteiger partial charge in [0.1, 0.15) is 18.2 Å². The second-order valence-corrected chi connectivity index (χ2v) is 6.94. The molecule has 1 fully saturated rings. The lowest BCUT2D eigenvalue weighted by atomic mass is 10.0. The van der Waals surface area contributed by atoms with Crippen molar-refractivity contribution < 1.29 is 4.39 Å². The highest BCUT2D eigenvalue weighted by Gasteiger charge is 2.20. The van der Waals surface area contributed by atoms with Gasteiger partial charge >= 0.3 is 0 Å². The van der Waals surface area contributed by atoms with E-state index in [0.717, 1.165) is 49.2 Å². The van der Waals surface area contributed by atoms with E-state index in [1.807, 2.05) is 24.6 Å². The second-order valence-electron chi connectivity index (χ2n) is 6.94. The van der Waals surface area contributed by atoms with Crippen LogP contribution in [0.25, 0.3) is 0 Å². The van der Waals surface area contributed by atoms with Crippen LogP contribution in [0.5, 0.6) is 0 Å². The van der Waals surface area contributed by atoms with Crippen molar-refractivity contribution in [1.82, 2.24) is 25.4 Å². The third-order valence-corrected chi connectivity index (χ3v) is 4.98. The van der Waals surface area contributed by atoms with Crippen LogP contribution in [-0.4, -0.2) is 46.4 Å². The van der Waals surface area contributed by atoms with Crippen LogP contribution >= 0.6 is 0 Å². The van der Waals surface area contributed by atoms with Gasteiger partial charge in [0.2, 0.25) is 0 Å². The number of nitrogens with one attached hydrogen (secondary N) is 2.